The molecule has 0 aliphatic rings. The minimum atomic E-state index is -1.54. The van der Waals surface area contributed by atoms with E-state index in [0.29, 0.717) is 6.07 Å². The molecule has 0 aliphatic heterocycles. The number of aromatic carboxylic acids is 1. The standard InChI is InChI=1S/C9H5F2NO2/c10-7-4-6(9(13)14)8(11)3-5(7)1-2-12/h3-4H,1H2,(H,13,14). The minimum absolute atomic E-state index is 0.144. The third-order valence-corrected chi connectivity index (χ3v) is 1.64. The first kappa shape index (κ1) is 10.1. The van der Waals surface area contributed by atoms with E-state index in [9.17, 15) is 13.6 Å². The molecular formula is C9H5F2NO2. The number of hydrogen-bond acceptors (Lipinski definition) is 2. The van der Waals surface area contributed by atoms with Gasteiger partial charge in [-0.2, -0.15) is 5.26 Å². The number of benzene rings is 1. The van der Waals surface area contributed by atoms with Crippen molar-refractivity contribution in [1.82, 2.24) is 0 Å². The van der Waals surface area contributed by atoms with Crippen LogP contribution in [0.5, 0.6) is 0 Å². The fraction of sp³-hybridized carbons (Fsp3) is 0.111. The Balaban J connectivity index is 3.25. The topological polar surface area (TPSA) is 61.1 Å². The van der Waals surface area contributed by atoms with Crippen LogP contribution in [0.4, 0.5) is 8.78 Å². The van der Waals surface area contributed by atoms with Crippen molar-refractivity contribution in [1.29, 1.82) is 5.26 Å². The van der Waals surface area contributed by atoms with E-state index >= 15 is 0 Å². The van der Waals surface area contributed by atoms with Gasteiger partial charge in [0, 0.05) is 5.56 Å². The lowest BCUT2D eigenvalue weighted by molar-refractivity contribution is 0.0691. The van der Waals surface area contributed by atoms with Crippen LogP contribution < -0.4 is 0 Å². The summed E-state index contributed by atoms with van der Waals surface area (Å²) in [4.78, 5) is 10.4. The van der Waals surface area contributed by atoms with Crippen LogP contribution in [0.2, 0.25) is 0 Å². The average molecular weight is 197 g/mol. The van der Waals surface area contributed by atoms with Crippen molar-refractivity contribution in [3.05, 3.63) is 34.9 Å². The van der Waals surface area contributed by atoms with Crippen molar-refractivity contribution in [2.24, 2.45) is 0 Å². The van der Waals surface area contributed by atoms with Crippen LogP contribution in [-0.4, -0.2) is 11.1 Å². The third-order valence-electron chi connectivity index (χ3n) is 1.64. The van der Waals surface area contributed by atoms with Crippen LogP contribution in [-0.2, 0) is 6.42 Å². The second kappa shape index (κ2) is 3.83. The van der Waals surface area contributed by atoms with Crippen molar-refractivity contribution in [2.45, 2.75) is 6.42 Å². The molecule has 0 aliphatic carbocycles. The highest BCUT2D eigenvalue weighted by atomic mass is 19.1. The van der Waals surface area contributed by atoms with Crippen LogP contribution in [0.25, 0.3) is 0 Å². The van der Waals surface area contributed by atoms with E-state index in [1.165, 1.54) is 0 Å². The fourth-order valence-corrected chi connectivity index (χ4v) is 0.973. The van der Waals surface area contributed by atoms with Gasteiger partial charge in [0.05, 0.1) is 18.1 Å². The average Bonchev–Trinajstić information content (AvgIpc) is 2.10. The Kier molecular flexibility index (Phi) is 2.77. The number of hydrogen-bond donors (Lipinski definition) is 1. The van der Waals surface area contributed by atoms with Crippen LogP contribution in [0.1, 0.15) is 15.9 Å². The highest BCUT2D eigenvalue weighted by molar-refractivity contribution is 5.88. The first-order chi connectivity index (χ1) is 6.56. The SMILES string of the molecule is N#CCc1cc(F)c(C(=O)O)cc1F. The summed E-state index contributed by atoms with van der Waals surface area (Å²) in [5, 5.41) is 16.7. The molecule has 0 bridgehead atoms. The Morgan fingerprint density at radius 3 is 2.57 bits per heavy atom. The van der Waals surface area contributed by atoms with Gasteiger partial charge in [-0.1, -0.05) is 0 Å². The highest BCUT2D eigenvalue weighted by Gasteiger charge is 2.14. The van der Waals surface area contributed by atoms with Gasteiger partial charge in [0.2, 0.25) is 0 Å². The van der Waals surface area contributed by atoms with Crippen molar-refractivity contribution < 1.29 is 18.7 Å². The molecule has 0 spiro atoms. The Bertz CT molecular complexity index is 424. The second-order valence-corrected chi connectivity index (χ2v) is 2.56. The molecule has 0 amide bonds. The summed E-state index contributed by atoms with van der Waals surface area (Å²) in [6, 6.07) is 2.94. The van der Waals surface area contributed by atoms with Crippen LogP contribution in [0.3, 0.4) is 0 Å². The Morgan fingerprint density at radius 1 is 1.43 bits per heavy atom. The van der Waals surface area contributed by atoms with E-state index in [-0.39, 0.29) is 12.0 Å². The molecule has 0 atom stereocenters. The van der Waals surface area contributed by atoms with Crippen LogP contribution in [0.15, 0.2) is 12.1 Å². The molecule has 0 radical (unpaired) electrons. The molecule has 14 heavy (non-hydrogen) atoms. The lowest BCUT2D eigenvalue weighted by Crippen LogP contribution is -2.03. The van der Waals surface area contributed by atoms with E-state index in [1.807, 2.05) is 0 Å². The molecule has 0 fully saturated rings. The summed E-state index contributed by atoms with van der Waals surface area (Å²) < 4.78 is 25.9. The zero-order valence-corrected chi connectivity index (χ0v) is 6.92. The Hall–Kier alpha value is -1.96. The normalized spacial score (nSPS) is 9.50. The van der Waals surface area contributed by atoms with Gasteiger partial charge < -0.3 is 5.11 Å². The minimum Gasteiger partial charge on any atom is -0.478 e. The van der Waals surface area contributed by atoms with E-state index < -0.39 is 23.2 Å². The zero-order valence-electron chi connectivity index (χ0n) is 6.92. The Morgan fingerprint density at radius 2 is 2.07 bits per heavy atom. The van der Waals surface area contributed by atoms with E-state index in [4.69, 9.17) is 10.4 Å². The molecule has 1 rings (SSSR count). The molecule has 1 aromatic rings. The number of nitriles is 1. The van der Waals surface area contributed by atoms with Crippen LogP contribution >= 0.6 is 0 Å². The van der Waals surface area contributed by atoms with Crippen LogP contribution in [0, 0.1) is 23.0 Å². The monoisotopic (exact) mass is 197 g/mol. The van der Waals surface area contributed by atoms with Gasteiger partial charge in [-0.3, -0.25) is 0 Å². The summed E-state index contributed by atoms with van der Waals surface area (Å²) >= 11 is 0. The predicted molar refractivity (Wildman–Crippen MR) is 42.6 cm³/mol. The maximum atomic E-state index is 13.0. The first-order valence-electron chi connectivity index (χ1n) is 3.64. The maximum absolute atomic E-state index is 13.0. The number of carboxylic acid groups (broad SMARTS) is 1. The van der Waals surface area contributed by atoms with Gasteiger partial charge in [-0.05, 0) is 12.1 Å². The second-order valence-electron chi connectivity index (χ2n) is 2.56. The molecular weight excluding hydrogens is 192 g/mol. The van der Waals surface area contributed by atoms with Crippen molar-refractivity contribution >= 4 is 5.97 Å². The molecule has 1 aromatic carbocycles. The summed E-state index contributed by atoms with van der Waals surface area (Å²) in [6.07, 6.45) is -0.289. The largest absolute Gasteiger partial charge is 0.478 e. The zero-order chi connectivity index (χ0) is 10.7. The van der Waals surface area contributed by atoms with E-state index in [2.05, 4.69) is 0 Å². The lowest BCUT2D eigenvalue weighted by Gasteiger charge is -2.01. The van der Waals surface area contributed by atoms with Gasteiger partial charge in [0.15, 0.2) is 0 Å². The van der Waals surface area contributed by atoms with Gasteiger partial charge in [-0.15, -0.1) is 0 Å². The summed E-state index contributed by atoms with van der Waals surface area (Å²) in [7, 11) is 0. The van der Waals surface area contributed by atoms with Gasteiger partial charge in [-0.25, -0.2) is 13.6 Å². The van der Waals surface area contributed by atoms with Crippen molar-refractivity contribution in [3.63, 3.8) is 0 Å². The highest BCUT2D eigenvalue weighted by Crippen LogP contribution is 2.15. The molecule has 72 valence electrons. The molecule has 3 nitrogen and oxygen atoms in total. The van der Waals surface area contributed by atoms with Gasteiger partial charge >= 0.3 is 5.97 Å². The summed E-state index contributed by atoms with van der Waals surface area (Å²) in [5.41, 5.74) is -0.876. The molecule has 0 heterocycles. The lowest BCUT2D eigenvalue weighted by atomic mass is 10.1. The molecule has 1 N–H and O–H groups in total. The Labute approximate surface area is 78.2 Å². The molecule has 0 aromatic heterocycles. The van der Waals surface area contributed by atoms with Gasteiger partial charge in [0.1, 0.15) is 11.6 Å². The fourth-order valence-electron chi connectivity index (χ4n) is 0.973. The molecule has 0 saturated heterocycles. The first-order valence-corrected chi connectivity index (χ1v) is 3.64. The molecule has 0 unspecified atom stereocenters. The number of carboxylic acids is 1. The molecule has 0 saturated carbocycles. The smallest absolute Gasteiger partial charge is 0.338 e. The number of nitrogens with zero attached hydrogens (tertiary/aromatic N) is 1. The third kappa shape index (κ3) is 1.85. The summed E-state index contributed by atoms with van der Waals surface area (Å²) in [5.74, 6) is -3.46. The number of halogens is 2. The van der Waals surface area contributed by atoms with Gasteiger partial charge in [0.25, 0.3) is 0 Å². The van der Waals surface area contributed by atoms with Crippen molar-refractivity contribution in [2.75, 3.05) is 0 Å². The number of carbonyl (C=O) groups is 1. The maximum Gasteiger partial charge on any atom is 0.338 e. The number of rotatable bonds is 2. The van der Waals surface area contributed by atoms with E-state index in [1.54, 1.807) is 6.07 Å². The van der Waals surface area contributed by atoms with E-state index in [0.717, 1.165) is 6.07 Å². The summed E-state index contributed by atoms with van der Waals surface area (Å²) in [6.45, 7) is 0. The van der Waals surface area contributed by atoms with Crippen molar-refractivity contribution in [3.8, 4) is 6.07 Å². The predicted octanol–water partition coefficient (Wildman–Crippen LogP) is 1.73. The quantitative estimate of drug-likeness (QED) is 0.785. The molecule has 5 heteroatoms.